The van der Waals surface area contributed by atoms with Gasteiger partial charge in [0.15, 0.2) is 0 Å². The summed E-state index contributed by atoms with van der Waals surface area (Å²) in [6.07, 6.45) is 0. The fourth-order valence-electron chi connectivity index (χ4n) is 0. The number of nitrogens with zero attached hydrogens (tertiary/aromatic N) is 1. The molecule has 0 aliphatic heterocycles. The Morgan fingerprint density at radius 3 is 1.14 bits per heavy atom. The van der Waals surface area contributed by atoms with Crippen LogP contribution in [0.25, 0.3) is 0 Å². The summed E-state index contributed by atoms with van der Waals surface area (Å²) in [7, 11) is 3.37. The van der Waals surface area contributed by atoms with Crippen LogP contribution in [0.1, 0.15) is 0 Å². The van der Waals surface area contributed by atoms with Gasteiger partial charge in [-0.2, -0.15) is 0 Å². The van der Waals surface area contributed by atoms with Crippen molar-refractivity contribution >= 4 is 64.3 Å². The third-order valence-corrected chi connectivity index (χ3v) is 0.748. The molecule has 0 aromatic heterocycles. The van der Waals surface area contributed by atoms with E-state index in [4.69, 9.17) is 10.2 Å². The molecule has 0 heterocycles. The van der Waals surface area contributed by atoms with E-state index >= 15 is 0 Å². The topological polar surface area (TPSA) is 164 Å². The van der Waals surface area contributed by atoms with Gasteiger partial charge < -0.3 is 37.3 Å². The van der Waals surface area contributed by atoms with Crippen LogP contribution in [0.2, 0.25) is 0 Å². The number of rotatable bonds is 0. The van der Waals surface area contributed by atoms with E-state index in [0.717, 1.165) is 0 Å². The van der Waals surface area contributed by atoms with E-state index < -0.39 is 5.17 Å². The number of aliphatic hydroxyl groups is 2. The molecular formula is C4H17N2NaO5S2. The molecule has 0 aromatic carbocycles. The van der Waals surface area contributed by atoms with Crippen LogP contribution in [-0.4, -0.2) is 85.5 Å². The Kier molecular flexibility index (Phi) is 61.0. The normalized spacial score (nSPS) is 5.00. The van der Waals surface area contributed by atoms with Crippen molar-refractivity contribution < 1.29 is 26.6 Å². The molecular weight excluding hydrogens is 243 g/mol. The first-order chi connectivity index (χ1) is 4.37. The van der Waals surface area contributed by atoms with Gasteiger partial charge in [0.2, 0.25) is 0 Å². The molecule has 0 amide bonds. The molecule has 0 aromatic rings. The molecule has 0 radical (unpaired) electrons. The van der Waals surface area contributed by atoms with Crippen molar-refractivity contribution in [2.24, 2.45) is 5.73 Å². The van der Waals surface area contributed by atoms with Gasteiger partial charge in [-0.05, 0) is 24.4 Å². The second-order valence-electron chi connectivity index (χ2n) is 1.52. The predicted molar refractivity (Wildman–Crippen MR) is 66.3 cm³/mol. The minimum atomic E-state index is -0.500. The summed E-state index contributed by atoms with van der Waals surface area (Å²) in [5.74, 6) is 0. The number of nitrogens with two attached hydrogens (primary N) is 1. The van der Waals surface area contributed by atoms with Crippen molar-refractivity contribution in [1.82, 2.24) is 4.90 Å². The maximum atomic E-state index is 8.29. The van der Waals surface area contributed by atoms with Crippen LogP contribution < -0.4 is 5.73 Å². The van der Waals surface area contributed by atoms with E-state index in [1.807, 2.05) is 0 Å². The third kappa shape index (κ3) is 85.7. The summed E-state index contributed by atoms with van der Waals surface area (Å²) in [4.78, 5) is 1.45. The molecule has 0 aliphatic rings. The van der Waals surface area contributed by atoms with Crippen molar-refractivity contribution in [3.8, 4) is 0 Å². The van der Waals surface area contributed by atoms with Gasteiger partial charge in [0.1, 0.15) is 0 Å². The number of hydrogen-bond donors (Lipinski definition) is 3. The summed E-state index contributed by atoms with van der Waals surface area (Å²) < 4.78 is 0. The zero-order valence-electron chi connectivity index (χ0n) is 7.24. The van der Waals surface area contributed by atoms with Crippen LogP contribution in [0.4, 0.5) is 0 Å². The Morgan fingerprint density at radius 1 is 1.07 bits per heavy atom. The van der Waals surface area contributed by atoms with Gasteiger partial charge in [-0.3, -0.25) is 0 Å². The maximum absolute atomic E-state index is 8.29. The second-order valence-corrected chi connectivity index (χ2v) is 2.30. The molecule has 10 N–H and O–H groups in total. The van der Waals surface area contributed by atoms with Crippen molar-refractivity contribution in [1.29, 1.82) is 0 Å². The van der Waals surface area contributed by atoms with E-state index in [1.54, 1.807) is 14.1 Å². The molecule has 0 saturated carbocycles. The molecule has 0 saturated heterocycles. The molecule has 0 rings (SSSR count). The Balaban J connectivity index is -0.0000000185. The van der Waals surface area contributed by atoms with Crippen LogP contribution in [0, 0.1) is 0 Å². The van der Waals surface area contributed by atoms with Crippen molar-refractivity contribution in [2.45, 2.75) is 0 Å². The Morgan fingerprint density at radius 2 is 1.14 bits per heavy atom. The average molecular weight is 260 g/mol. The first-order valence-corrected chi connectivity index (χ1v) is 3.08. The van der Waals surface area contributed by atoms with E-state index in [1.165, 1.54) is 4.90 Å². The van der Waals surface area contributed by atoms with Gasteiger partial charge in [-0.25, -0.2) is 0 Å². The van der Waals surface area contributed by atoms with E-state index in [9.17, 15) is 0 Å². The molecule has 7 nitrogen and oxygen atoms in total. The summed E-state index contributed by atoms with van der Waals surface area (Å²) >= 11 is 8.17. The number of aliphatic hydroxyl groups excluding tert-OH is 2. The van der Waals surface area contributed by atoms with Crippen LogP contribution >= 0.6 is 24.4 Å². The molecule has 0 atom stereocenters. The first-order valence-electron chi connectivity index (χ1n) is 2.26. The standard InChI is InChI=1S/C3H7NOS.CH3NOS.Na.3H2O.H/c1-4(2)3(5)6;2-1(3)4;;;;;/h1-2H3,(H,5,6);(H3,2,3,4);;3*1H2;. The van der Waals surface area contributed by atoms with Crippen molar-refractivity contribution in [2.75, 3.05) is 14.1 Å². The molecule has 0 aliphatic carbocycles. The second kappa shape index (κ2) is 23.2. The quantitative estimate of drug-likeness (QED) is 0.311. The molecule has 86 valence electrons. The first kappa shape index (κ1) is 36.7. The fraction of sp³-hybridized carbons (Fsp3) is 0.500. The molecule has 0 bridgehead atoms. The molecule has 0 fully saturated rings. The van der Waals surface area contributed by atoms with E-state index in [-0.39, 0.29) is 51.2 Å². The van der Waals surface area contributed by atoms with E-state index in [0.29, 0.717) is 0 Å². The van der Waals surface area contributed by atoms with Gasteiger partial charge in [0.25, 0.3) is 10.3 Å². The SMILES string of the molecule is CN(C)C(O)=S.NC(O)=S.O.O.O.[NaH]. The Bertz CT molecular complexity index is 133. The van der Waals surface area contributed by atoms with Crippen LogP contribution in [0.15, 0.2) is 0 Å². The molecule has 0 unspecified atom stereocenters. The summed E-state index contributed by atoms with van der Waals surface area (Å²) in [6.45, 7) is 0. The molecule has 0 spiro atoms. The van der Waals surface area contributed by atoms with Gasteiger partial charge in [-0.1, -0.05) is 0 Å². The van der Waals surface area contributed by atoms with Crippen LogP contribution in [-0.2, 0) is 0 Å². The molecule has 14 heavy (non-hydrogen) atoms. The van der Waals surface area contributed by atoms with Crippen LogP contribution in [0.5, 0.6) is 0 Å². The van der Waals surface area contributed by atoms with E-state index in [2.05, 4.69) is 30.2 Å². The Hall–Kier alpha value is 0.260. The predicted octanol–water partition coefficient (Wildman–Crippen LogP) is -2.94. The third-order valence-electron chi connectivity index (χ3n) is 0.383. The number of thiocarbonyl (C=S) groups is 2. The summed E-state index contributed by atoms with van der Waals surface area (Å²) in [5.41, 5.74) is 4.40. The van der Waals surface area contributed by atoms with Crippen LogP contribution in [0.3, 0.4) is 0 Å². The fourth-order valence-corrected chi connectivity index (χ4v) is 0. The average Bonchev–Trinajstić information content (AvgIpc) is 1.63. The Labute approximate surface area is 115 Å². The van der Waals surface area contributed by atoms with Crippen molar-refractivity contribution in [3.05, 3.63) is 0 Å². The zero-order chi connectivity index (χ0) is 8.73. The van der Waals surface area contributed by atoms with Gasteiger partial charge >= 0.3 is 29.6 Å². The van der Waals surface area contributed by atoms with Gasteiger partial charge in [-0.15, -0.1) is 0 Å². The summed E-state index contributed by atoms with van der Waals surface area (Å²) in [5, 5.41) is 15.3. The molecule has 10 heteroatoms. The van der Waals surface area contributed by atoms with Gasteiger partial charge in [0, 0.05) is 14.1 Å². The zero-order valence-corrected chi connectivity index (χ0v) is 8.87. The number of hydrogen-bond acceptors (Lipinski definition) is 2. The summed E-state index contributed by atoms with van der Waals surface area (Å²) in [6, 6.07) is 0. The monoisotopic (exact) mass is 260 g/mol. The van der Waals surface area contributed by atoms with Gasteiger partial charge in [0.05, 0.1) is 0 Å². The minimum absolute atomic E-state index is 0. The van der Waals surface area contributed by atoms with Crippen molar-refractivity contribution in [3.63, 3.8) is 0 Å².